The van der Waals surface area contributed by atoms with Crippen LogP contribution in [0.5, 0.6) is 5.75 Å². The first kappa shape index (κ1) is 19.1. The molecule has 0 unspecified atom stereocenters. The molecule has 1 saturated heterocycles. The third-order valence-corrected chi connectivity index (χ3v) is 4.81. The maximum absolute atomic E-state index is 12.4. The van der Waals surface area contributed by atoms with Crippen LogP contribution in [0, 0.1) is 0 Å². The molecule has 1 fully saturated rings. The van der Waals surface area contributed by atoms with Gasteiger partial charge in [0.2, 0.25) is 5.95 Å². The van der Waals surface area contributed by atoms with E-state index in [1.807, 2.05) is 24.3 Å². The molecule has 144 valence electrons. The van der Waals surface area contributed by atoms with E-state index < -0.39 is 0 Å². The number of amides is 1. The molecule has 0 bridgehead atoms. The Morgan fingerprint density at radius 2 is 2.04 bits per heavy atom. The number of anilines is 1. The van der Waals surface area contributed by atoms with Crippen molar-refractivity contribution in [1.82, 2.24) is 20.2 Å². The third kappa shape index (κ3) is 5.17. The van der Waals surface area contributed by atoms with Crippen molar-refractivity contribution in [1.29, 1.82) is 0 Å². The SMILES string of the molecule is CCN1CCN(c2nccc(C(=O)NCCc3cccc(OC)c3)n2)CC1. The van der Waals surface area contributed by atoms with E-state index in [4.69, 9.17) is 4.74 Å². The number of carbonyl (C=O) groups excluding carboxylic acids is 1. The molecule has 1 N–H and O–H groups in total. The lowest BCUT2D eigenvalue weighted by molar-refractivity contribution is 0.0949. The first-order valence-electron chi connectivity index (χ1n) is 9.41. The Bertz CT molecular complexity index is 760. The molecule has 0 spiro atoms. The first-order valence-corrected chi connectivity index (χ1v) is 9.41. The van der Waals surface area contributed by atoms with Crippen molar-refractivity contribution in [3.63, 3.8) is 0 Å². The molecule has 3 rings (SSSR count). The van der Waals surface area contributed by atoms with Crippen LogP contribution in [-0.4, -0.2) is 67.2 Å². The van der Waals surface area contributed by atoms with Crippen LogP contribution in [0.2, 0.25) is 0 Å². The van der Waals surface area contributed by atoms with E-state index in [1.54, 1.807) is 19.4 Å². The lowest BCUT2D eigenvalue weighted by atomic mass is 10.1. The van der Waals surface area contributed by atoms with Crippen molar-refractivity contribution in [2.24, 2.45) is 0 Å². The summed E-state index contributed by atoms with van der Waals surface area (Å²) >= 11 is 0. The van der Waals surface area contributed by atoms with E-state index in [0.29, 0.717) is 18.2 Å². The number of hydrogen-bond donors (Lipinski definition) is 1. The maximum atomic E-state index is 12.4. The molecule has 1 aliphatic heterocycles. The molecule has 2 aromatic rings. The Kier molecular flexibility index (Phi) is 6.59. The minimum atomic E-state index is -0.172. The van der Waals surface area contributed by atoms with E-state index in [2.05, 4.69) is 32.0 Å². The average Bonchev–Trinajstić information content (AvgIpc) is 2.74. The van der Waals surface area contributed by atoms with Gasteiger partial charge in [-0.05, 0) is 36.7 Å². The van der Waals surface area contributed by atoms with Gasteiger partial charge in [0.05, 0.1) is 7.11 Å². The minimum Gasteiger partial charge on any atom is -0.497 e. The number of nitrogens with one attached hydrogen (secondary N) is 1. The maximum Gasteiger partial charge on any atom is 0.270 e. The van der Waals surface area contributed by atoms with Crippen molar-refractivity contribution in [2.75, 3.05) is 51.3 Å². The van der Waals surface area contributed by atoms with Crippen molar-refractivity contribution >= 4 is 11.9 Å². The zero-order chi connectivity index (χ0) is 19.1. The van der Waals surface area contributed by atoms with Crippen LogP contribution in [0.4, 0.5) is 5.95 Å². The predicted molar refractivity (Wildman–Crippen MR) is 105 cm³/mol. The Balaban J connectivity index is 1.54. The fourth-order valence-corrected chi connectivity index (χ4v) is 3.13. The van der Waals surface area contributed by atoms with Gasteiger partial charge in [0, 0.05) is 38.9 Å². The van der Waals surface area contributed by atoms with Gasteiger partial charge in [-0.2, -0.15) is 0 Å². The third-order valence-electron chi connectivity index (χ3n) is 4.81. The number of likely N-dealkylation sites (N-methyl/N-ethyl adjacent to an activating group) is 1. The fraction of sp³-hybridized carbons (Fsp3) is 0.450. The molecule has 7 nitrogen and oxygen atoms in total. The summed E-state index contributed by atoms with van der Waals surface area (Å²) in [5.74, 6) is 1.28. The molecule has 1 amide bonds. The van der Waals surface area contributed by atoms with Crippen molar-refractivity contribution < 1.29 is 9.53 Å². The summed E-state index contributed by atoms with van der Waals surface area (Å²) in [5.41, 5.74) is 1.52. The molecule has 0 saturated carbocycles. The van der Waals surface area contributed by atoms with Crippen molar-refractivity contribution in [3.8, 4) is 5.75 Å². The quantitative estimate of drug-likeness (QED) is 0.799. The summed E-state index contributed by atoms with van der Waals surface area (Å²) in [6.45, 7) is 7.53. The van der Waals surface area contributed by atoms with Crippen LogP contribution >= 0.6 is 0 Å². The second-order valence-electron chi connectivity index (χ2n) is 6.52. The number of piperazine rings is 1. The molecular weight excluding hydrogens is 342 g/mol. The van der Waals surface area contributed by atoms with Crippen LogP contribution in [0.25, 0.3) is 0 Å². The number of nitrogens with zero attached hydrogens (tertiary/aromatic N) is 4. The van der Waals surface area contributed by atoms with Gasteiger partial charge in [-0.1, -0.05) is 19.1 Å². The van der Waals surface area contributed by atoms with Gasteiger partial charge in [0.25, 0.3) is 5.91 Å². The molecule has 27 heavy (non-hydrogen) atoms. The Labute approximate surface area is 160 Å². The van der Waals surface area contributed by atoms with E-state index in [1.165, 1.54) is 0 Å². The highest BCUT2D eigenvalue weighted by Crippen LogP contribution is 2.13. The Morgan fingerprint density at radius 3 is 2.78 bits per heavy atom. The number of methoxy groups -OCH3 is 1. The van der Waals surface area contributed by atoms with Crippen LogP contribution < -0.4 is 15.0 Å². The van der Waals surface area contributed by atoms with Crippen LogP contribution in [-0.2, 0) is 6.42 Å². The van der Waals surface area contributed by atoms with E-state index >= 15 is 0 Å². The number of hydrogen-bond acceptors (Lipinski definition) is 6. The van der Waals surface area contributed by atoms with E-state index in [-0.39, 0.29) is 5.91 Å². The number of carbonyl (C=O) groups is 1. The van der Waals surface area contributed by atoms with Crippen LogP contribution in [0.1, 0.15) is 23.0 Å². The number of benzene rings is 1. The summed E-state index contributed by atoms with van der Waals surface area (Å²) in [5, 5.41) is 2.93. The largest absolute Gasteiger partial charge is 0.497 e. The van der Waals surface area contributed by atoms with E-state index in [9.17, 15) is 4.79 Å². The molecule has 0 radical (unpaired) electrons. The fourth-order valence-electron chi connectivity index (χ4n) is 3.13. The highest BCUT2D eigenvalue weighted by Gasteiger charge is 2.19. The summed E-state index contributed by atoms with van der Waals surface area (Å²) in [7, 11) is 1.65. The predicted octanol–water partition coefficient (Wildman–Crippen LogP) is 1.60. The number of aromatic nitrogens is 2. The van der Waals surface area contributed by atoms with Crippen molar-refractivity contribution in [3.05, 3.63) is 47.8 Å². The summed E-state index contributed by atoms with van der Waals surface area (Å²) in [4.78, 5) is 25.8. The molecule has 1 aromatic carbocycles. The lowest BCUT2D eigenvalue weighted by Gasteiger charge is -2.34. The summed E-state index contributed by atoms with van der Waals surface area (Å²) in [6.07, 6.45) is 2.39. The van der Waals surface area contributed by atoms with Gasteiger partial charge in [0.1, 0.15) is 11.4 Å². The average molecular weight is 369 g/mol. The zero-order valence-corrected chi connectivity index (χ0v) is 16.0. The summed E-state index contributed by atoms with van der Waals surface area (Å²) in [6, 6.07) is 9.51. The van der Waals surface area contributed by atoms with E-state index in [0.717, 1.165) is 50.5 Å². The summed E-state index contributed by atoms with van der Waals surface area (Å²) < 4.78 is 5.22. The first-order chi connectivity index (χ1) is 13.2. The highest BCUT2D eigenvalue weighted by molar-refractivity contribution is 5.92. The molecule has 1 aromatic heterocycles. The minimum absolute atomic E-state index is 0.172. The normalized spacial score (nSPS) is 14.8. The topological polar surface area (TPSA) is 70.6 Å². The highest BCUT2D eigenvalue weighted by atomic mass is 16.5. The van der Waals surface area contributed by atoms with Crippen LogP contribution in [0.3, 0.4) is 0 Å². The van der Waals surface area contributed by atoms with Crippen LogP contribution in [0.15, 0.2) is 36.5 Å². The standard InChI is InChI=1S/C20H27N5O2/c1-3-24-11-13-25(14-12-24)20-22-10-8-18(23-20)19(26)21-9-7-16-5-4-6-17(15-16)27-2/h4-6,8,10,15H,3,7,9,11-14H2,1-2H3,(H,21,26). The molecule has 0 aliphatic carbocycles. The van der Waals surface area contributed by atoms with Crippen molar-refractivity contribution in [2.45, 2.75) is 13.3 Å². The number of rotatable bonds is 7. The zero-order valence-electron chi connectivity index (χ0n) is 16.0. The Hall–Kier alpha value is -2.67. The van der Waals surface area contributed by atoms with Gasteiger partial charge < -0.3 is 19.9 Å². The van der Waals surface area contributed by atoms with Gasteiger partial charge >= 0.3 is 0 Å². The van der Waals surface area contributed by atoms with Gasteiger partial charge in [-0.15, -0.1) is 0 Å². The molecule has 2 heterocycles. The van der Waals surface area contributed by atoms with Gasteiger partial charge in [-0.3, -0.25) is 4.79 Å². The smallest absolute Gasteiger partial charge is 0.270 e. The second kappa shape index (κ2) is 9.32. The number of ether oxygens (including phenoxy) is 1. The molecule has 1 aliphatic rings. The van der Waals surface area contributed by atoms with Gasteiger partial charge in [0.15, 0.2) is 0 Å². The monoisotopic (exact) mass is 369 g/mol. The molecule has 7 heteroatoms. The Morgan fingerprint density at radius 1 is 1.22 bits per heavy atom. The second-order valence-corrected chi connectivity index (χ2v) is 6.52. The molecular formula is C20H27N5O2. The lowest BCUT2D eigenvalue weighted by Crippen LogP contribution is -2.46. The molecule has 0 atom stereocenters. The van der Waals surface area contributed by atoms with Gasteiger partial charge in [-0.25, -0.2) is 9.97 Å².